The van der Waals surface area contributed by atoms with Crippen LogP contribution in [0.2, 0.25) is 0 Å². The van der Waals surface area contributed by atoms with Gasteiger partial charge in [-0.05, 0) is 0 Å². The molecule has 0 saturated heterocycles. The van der Waals surface area contributed by atoms with E-state index in [4.69, 9.17) is 11.5 Å². The van der Waals surface area contributed by atoms with Crippen LogP contribution < -0.4 is 16.8 Å². The predicted octanol–water partition coefficient (Wildman–Crippen LogP) is -0.855. The summed E-state index contributed by atoms with van der Waals surface area (Å²) in [5.74, 6) is 0. The average Bonchev–Trinajstić information content (AvgIpc) is 1.99. The lowest BCUT2D eigenvalue weighted by Crippen LogP contribution is -2.31. The summed E-state index contributed by atoms with van der Waals surface area (Å²) < 4.78 is 2.17. The number of halogens is 1. The van der Waals surface area contributed by atoms with Crippen LogP contribution in [0, 0.1) is 0 Å². The van der Waals surface area contributed by atoms with E-state index in [1.54, 1.807) is 0 Å². The number of nitrogens with two attached hydrogens (primary N) is 2. The molecule has 0 aromatic heterocycles. The third-order valence-electron chi connectivity index (χ3n) is 1.22. The second-order valence-corrected chi connectivity index (χ2v) is 3.60. The third-order valence-corrected chi connectivity index (χ3v) is 2.19. The summed E-state index contributed by atoms with van der Waals surface area (Å²) in [6, 6.07) is 0. The highest BCUT2D eigenvalue weighted by Gasteiger charge is 1.95. The molecule has 0 aromatic rings. The Bertz CT molecular complexity index is 81.0. The molecule has 5 heteroatoms. The van der Waals surface area contributed by atoms with Crippen LogP contribution in [-0.2, 0) is 0 Å². The fraction of sp³-hybridized carbons (Fsp3) is 1.00. The largest absolute Gasteiger partial charge is 0.329 e. The zero-order chi connectivity index (χ0) is 8.53. The van der Waals surface area contributed by atoms with Crippen molar-refractivity contribution < 1.29 is 0 Å². The summed E-state index contributed by atoms with van der Waals surface area (Å²) in [6.07, 6.45) is 0. The second-order valence-electron chi connectivity index (χ2n) is 2.24. The van der Waals surface area contributed by atoms with Crippen molar-refractivity contribution in [3.8, 4) is 0 Å². The molecule has 68 valence electrons. The van der Waals surface area contributed by atoms with Gasteiger partial charge >= 0.3 is 0 Å². The Morgan fingerprint density at radius 3 is 2.36 bits per heavy atom. The molecule has 0 radical (unpaired) electrons. The normalized spacial score (nSPS) is 10.9. The molecule has 0 aromatic carbocycles. The Morgan fingerprint density at radius 1 is 1.09 bits per heavy atom. The maximum Gasteiger partial charge on any atom is 0.0207 e. The Kier molecular flexibility index (Phi) is 9.11. The second kappa shape index (κ2) is 8.66. The van der Waals surface area contributed by atoms with Gasteiger partial charge in [-0.3, -0.25) is 0 Å². The van der Waals surface area contributed by atoms with Crippen molar-refractivity contribution in [3.05, 3.63) is 0 Å². The van der Waals surface area contributed by atoms with Crippen LogP contribution in [0.3, 0.4) is 0 Å². The summed E-state index contributed by atoms with van der Waals surface area (Å²) in [6.45, 7) is 5.29. The summed E-state index contributed by atoms with van der Waals surface area (Å²) in [5, 5.41) is 3.21. The van der Waals surface area contributed by atoms with Gasteiger partial charge in [-0.25, -0.2) is 3.11 Å². The number of rotatable bonds is 7. The van der Waals surface area contributed by atoms with Crippen molar-refractivity contribution in [1.29, 1.82) is 0 Å². The van der Waals surface area contributed by atoms with Crippen molar-refractivity contribution in [3.63, 3.8) is 0 Å². The SMILES string of the molecule is NCCNCCN(I)CCN. The lowest BCUT2D eigenvalue weighted by Gasteiger charge is -2.12. The molecule has 0 bridgehead atoms. The van der Waals surface area contributed by atoms with E-state index in [1.165, 1.54) is 0 Å². The van der Waals surface area contributed by atoms with Crippen LogP contribution in [-0.4, -0.2) is 42.4 Å². The smallest absolute Gasteiger partial charge is 0.0207 e. The van der Waals surface area contributed by atoms with Gasteiger partial charge in [0, 0.05) is 62.1 Å². The monoisotopic (exact) mass is 272 g/mol. The van der Waals surface area contributed by atoms with Crippen LogP contribution in [0.1, 0.15) is 0 Å². The molecule has 11 heavy (non-hydrogen) atoms. The van der Waals surface area contributed by atoms with E-state index in [2.05, 4.69) is 31.3 Å². The quantitative estimate of drug-likeness (QED) is 0.321. The van der Waals surface area contributed by atoms with Crippen molar-refractivity contribution in [2.45, 2.75) is 0 Å². The van der Waals surface area contributed by atoms with Gasteiger partial charge in [-0.1, -0.05) is 0 Å². The van der Waals surface area contributed by atoms with E-state index >= 15 is 0 Å². The van der Waals surface area contributed by atoms with Gasteiger partial charge in [0.15, 0.2) is 0 Å². The molecule has 0 amide bonds. The highest BCUT2D eigenvalue weighted by molar-refractivity contribution is 14.1. The molecule has 0 rings (SSSR count). The fourth-order valence-corrected chi connectivity index (χ4v) is 1.20. The molecule has 5 N–H and O–H groups in total. The minimum absolute atomic E-state index is 0.706. The topological polar surface area (TPSA) is 67.3 Å². The molecule has 0 fully saturated rings. The molecule has 0 heterocycles. The van der Waals surface area contributed by atoms with Gasteiger partial charge in [0.1, 0.15) is 0 Å². The van der Waals surface area contributed by atoms with E-state index in [0.717, 1.165) is 32.7 Å². The highest BCUT2D eigenvalue weighted by atomic mass is 127. The lowest BCUT2D eigenvalue weighted by atomic mass is 10.5. The Labute approximate surface area is 82.2 Å². The van der Waals surface area contributed by atoms with Crippen molar-refractivity contribution in [2.75, 3.05) is 39.3 Å². The van der Waals surface area contributed by atoms with Gasteiger partial charge in [0.05, 0.1) is 0 Å². The number of nitrogens with zero attached hydrogens (tertiary/aromatic N) is 1. The molecule has 0 spiro atoms. The maximum atomic E-state index is 5.37. The average molecular weight is 272 g/mol. The summed E-state index contributed by atoms with van der Waals surface area (Å²) in [7, 11) is 0. The Balaban J connectivity index is 2.97. The minimum atomic E-state index is 0.706. The van der Waals surface area contributed by atoms with E-state index in [1.807, 2.05) is 0 Å². The molecule has 4 nitrogen and oxygen atoms in total. The summed E-state index contributed by atoms with van der Waals surface area (Å²) >= 11 is 2.28. The van der Waals surface area contributed by atoms with Gasteiger partial charge < -0.3 is 16.8 Å². The van der Waals surface area contributed by atoms with E-state index in [-0.39, 0.29) is 0 Å². The van der Waals surface area contributed by atoms with Gasteiger partial charge in [-0.15, -0.1) is 0 Å². The molecular weight excluding hydrogens is 255 g/mol. The number of nitrogens with one attached hydrogen (secondary N) is 1. The van der Waals surface area contributed by atoms with Crippen molar-refractivity contribution in [2.24, 2.45) is 11.5 Å². The van der Waals surface area contributed by atoms with Gasteiger partial charge in [-0.2, -0.15) is 0 Å². The van der Waals surface area contributed by atoms with Crippen LogP contribution in [0.15, 0.2) is 0 Å². The van der Waals surface area contributed by atoms with Gasteiger partial charge in [0.25, 0.3) is 0 Å². The standard InChI is InChI=1S/C6H17IN4/c7-11(5-2-9)6-4-10-3-1-8/h10H,1-6,8-9H2. The van der Waals surface area contributed by atoms with E-state index in [0.29, 0.717) is 6.54 Å². The zero-order valence-corrected chi connectivity index (χ0v) is 8.88. The predicted molar refractivity (Wildman–Crippen MR) is 56.6 cm³/mol. The van der Waals surface area contributed by atoms with Crippen LogP contribution >= 0.6 is 22.9 Å². The molecule has 0 aliphatic rings. The first-order chi connectivity index (χ1) is 5.31. The van der Waals surface area contributed by atoms with Crippen LogP contribution in [0.4, 0.5) is 0 Å². The van der Waals surface area contributed by atoms with Crippen LogP contribution in [0.25, 0.3) is 0 Å². The zero-order valence-electron chi connectivity index (χ0n) is 6.72. The van der Waals surface area contributed by atoms with Gasteiger partial charge in [0.2, 0.25) is 0 Å². The summed E-state index contributed by atoms with van der Waals surface area (Å²) in [4.78, 5) is 0. The summed E-state index contributed by atoms with van der Waals surface area (Å²) in [5.41, 5.74) is 10.7. The maximum absolute atomic E-state index is 5.37. The highest BCUT2D eigenvalue weighted by Crippen LogP contribution is 1.93. The molecule has 0 aliphatic carbocycles. The molecule has 0 atom stereocenters. The fourth-order valence-electron chi connectivity index (χ4n) is 0.679. The first kappa shape index (κ1) is 11.6. The minimum Gasteiger partial charge on any atom is -0.329 e. The first-order valence-corrected chi connectivity index (χ1v) is 4.79. The number of hydrogen-bond donors (Lipinski definition) is 3. The van der Waals surface area contributed by atoms with Crippen molar-refractivity contribution >= 4 is 22.9 Å². The van der Waals surface area contributed by atoms with Crippen LogP contribution in [0.5, 0.6) is 0 Å². The lowest BCUT2D eigenvalue weighted by molar-refractivity contribution is 0.498. The number of hydrogen-bond acceptors (Lipinski definition) is 4. The molecule has 0 unspecified atom stereocenters. The molecule has 0 aliphatic heterocycles. The first-order valence-electron chi connectivity index (χ1n) is 3.83. The van der Waals surface area contributed by atoms with E-state index < -0.39 is 0 Å². The Morgan fingerprint density at radius 2 is 1.82 bits per heavy atom. The molecular formula is C6H17IN4. The van der Waals surface area contributed by atoms with Crippen molar-refractivity contribution in [1.82, 2.24) is 8.43 Å². The molecule has 0 saturated carbocycles. The van der Waals surface area contributed by atoms with E-state index in [9.17, 15) is 0 Å². The Hall–Kier alpha value is 0.570. The third kappa shape index (κ3) is 8.48.